The standard InChI is InChI=1S/C11H15BrO5S/c1-15-3-4-16-11-6-9(5-10(12)7-11)8-17-18(2,13)14/h5-7H,3-4,8H2,1-2H3. The number of hydrogen-bond donors (Lipinski definition) is 0. The van der Waals surface area contributed by atoms with E-state index in [0.29, 0.717) is 24.5 Å². The molecular formula is C11H15BrO5S. The Morgan fingerprint density at radius 1 is 1.22 bits per heavy atom. The van der Waals surface area contributed by atoms with Crippen molar-refractivity contribution in [3.05, 3.63) is 28.2 Å². The van der Waals surface area contributed by atoms with Gasteiger partial charge in [0.05, 0.1) is 19.5 Å². The third-order valence-electron chi connectivity index (χ3n) is 1.93. The van der Waals surface area contributed by atoms with Crippen LogP contribution in [0.25, 0.3) is 0 Å². The van der Waals surface area contributed by atoms with Gasteiger partial charge in [0.25, 0.3) is 10.1 Å². The molecule has 0 radical (unpaired) electrons. The van der Waals surface area contributed by atoms with Gasteiger partial charge in [0, 0.05) is 11.6 Å². The predicted octanol–water partition coefficient (Wildman–Crippen LogP) is 1.95. The van der Waals surface area contributed by atoms with Gasteiger partial charge in [-0.05, 0) is 23.8 Å². The maximum absolute atomic E-state index is 10.9. The lowest BCUT2D eigenvalue weighted by atomic mass is 10.2. The van der Waals surface area contributed by atoms with E-state index in [1.54, 1.807) is 25.3 Å². The summed E-state index contributed by atoms with van der Waals surface area (Å²) in [5.41, 5.74) is 0.710. The zero-order valence-electron chi connectivity index (χ0n) is 10.2. The van der Waals surface area contributed by atoms with E-state index in [1.165, 1.54) is 0 Å². The van der Waals surface area contributed by atoms with Crippen LogP contribution in [0, 0.1) is 0 Å². The van der Waals surface area contributed by atoms with Crippen molar-refractivity contribution in [3.8, 4) is 5.75 Å². The van der Waals surface area contributed by atoms with Crippen molar-refractivity contribution < 1.29 is 22.1 Å². The summed E-state index contributed by atoms with van der Waals surface area (Å²) in [6.07, 6.45) is 1.01. The van der Waals surface area contributed by atoms with Crippen molar-refractivity contribution in [1.82, 2.24) is 0 Å². The summed E-state index contributed by atoms with van der Waals surface area (Å²) in [5, 5.41) is 0. The predicted molar refractivity (Wildman–Crippen MR) is 71.1 cm³/mol. The van der Waals surface area contributed by atoms with Crippen molar-refractivity contribution in [1.29, 1.82) is 0 Å². The van der Waals surface area contributed by atoms with Gasteiger partial charge in [0.2, 0.25) is 0 Å². The van der Waals surface area contributed by atoms with Gasteiger partial charge in [-0.2, -0.15) is 8.42 Å². The summed E-state index contributed by atoms with van der Waals surface area (Å²) in [4.78, 5) is 0. The first kappa shape index (κ1) is 15.4. The summed E-state index contributed by atoms with van der Waals surface area (Å²) in [6, 6.07) is 5.29. The first-order valence-corrected chi connectivity index (χ1v) is 7.77. The van der Waals surface area contributed by atoms with E-state index in [1.807, 2.05) is 0 Å². The Bertz CT molecular complexity index is 486. The van der Waals surface area contributed by atoms with E-state index in [9.17, 15) is 8.42 Å². The number of hydrogen-bond acceptors (Lipinski definition) is 5. The van der Waals surface area contributed by atoms with Gasteiger partial charge in [0.1, 0.15) is 12.4 Å². The van der Waals surface area contributed by atoms with Crippen LogP contribution in [0.3, 0.4) is 0 Å². The molecule has 0 spiro atoms. The average Bonchev–Trinajstić information content (AvgIpc) is 2.25. The fourth-order valence-corrected chi connectivity index (χ4v) is 2.08. The molecule has 0 saturated heterocycles. The van der Waals surface area contributed by atoms with E-state index < -0.39 is 10.1 Å². The minimum absolute atomic E-state index is 0.0150. The molecule has 1 aromatic carbocycles. The highest BCUT2D eigenvalue weighted by molar-refractivity contribution is 9.10. The van der Waals surface area contributed by atoms with Crippen molar-refractivity contribution >= 4 is 26.0 Å². The molecule has 0 aliphatic carbocycles. The molecule has 0 saturated carbocycles. The minimum Gasteiger partial charge on any atom is -0.491 e. The molecule has 0 aromatic heterocycles. The second-order valence-corrected chi connectivity index (χ2v) is 6.16. The van der Waals surface area contributed by atoms with E-state index in [0.717, 1.165) is 10.7 Å². The van der Waals surface area contributed by atoms with Crippen LogP contribution in [-0.2, 0) is 25.6 Å². The highest BCUT2D eigenvalue weighted by atomic mass is 79.9. The van der Waals surface area contributed by atoms with Crippen LogP contribution < -0.4 is 4.74 Å². The highest BCUT2D eigenvalue weighted by Gasteiger charge is 2.05. The Labute approximate surface area is 115 Å². The monoisotopic (exact) mass is 338 g/mol. The zero-order valence-corrected chi connectivity index (χ0v) is 12.6. The second kappa shape index (κ2) is 7.08. The number of ether oxygens (including phenoxy) is 2. The zero-order chi connectivity index (χ0) is 13.6. The summed E-state index contributed by atoms with van der Waals surface area (Å²) < 4.78 is 37.6. The lowest BCUT2D eigenvalue weighted by Gasteiger charge is -2.08. The maximum Gasteiger partial charge on any atom is 0.264 e. The fraction of sp³-hybridized carbons (Fsp3) is 0.455. The first-order chi connectivity index (χ1) is 8.40. The molecule has 0 bridgehead atoms. The molecule has 1 rings (SSSR count). The van der Waals surface area contributed by atoms with E-state index >= 15 is 0 Å². The normalized spacial score (nSPS) is 11.5. The smallest absolute Gasteiger partial charge is 0.264 e. The third kappa shape index (κ3) is 6.34. The van der Waals surface area contributed by atoms with Crippen molar-refractivity contribution in [3.63, 3.8) is 0 Å². The molecule has 0 fully saturated rings. The Hall–Kier alpha value is -0.630. The van der Waals surface area contributed by atoms with E-state index in [4.69, 9.17) is 13.7 Å². The number of benzene rings is 1. The van der Waals surface area contributed by atoms with Gasteiger partial charge in [-0.15, -0.1) is 0 Å². The summed E-state index contributed by atoms with van der Waals surface area (Å²) in [7, 11) is -1.85. The molecule has 0 amide bonds. The Balaban J connectivity index is 2.68. The van der Waals surface area contributed by atoms with Crippen LogP contribution >= 0.6 is 15.9 Å². The molecule has 0 N–H and O–H groups in total. The maximum atomic E-state index is 10.9. The first-order valence-electron chi connectivity index (χ1n) is 5.16. The Morgan fingerprint density at radius 2 is 1.94 bits per heavy atom. The molecule has 5 nitrogen and oxygen atoms in total. The molecule has 0 aliphatic rings. The molecule has 0 aliphatic heterocycles. The van der Waals surface area contributed by atoms with Gasteiger partial charge in [-0.3, -0.25) is 4.18 Å². The molecule has 102 valence electrons. The summed E-state index contributed by atoms with van der Waals surface area (Å²) in [5.74, 6) is 0.633. The van der Waals surface area contributed by atoms with Crippen molar-refractivity contribution in [2.75, 3.05) is 26.6 Å². The topological polar surface area (TPSA) is 61.8 Å². The molecule has 0 heterocycles. The molecular weight excluding hydrogens is 324 g/mol. The van der Waals surface area contributed by atoms with Gasteiger partial charge in [-0.1, -0.05) is 15.9 Å². The van der Waals surface area contributed by atoms with Gasteiger partial charge < -0.3 is 9.47 Å². The van der Waals surface area contributed by atoms with E-state index in [-0.39, 0.29) is 6.61 Å². The quantitative estimate of drug-likeness (QED) is 0.561. The highest BCUT2D eigenvalue weighted by Crippen LogP contribution is 2.22. The van der Waals surface area contributed by atoms with Crippen LogP contribution in [-0.4, -0.2) is 35.0 Å². The lowest BCUT2D eigenvalue weighted by Crippen LogP contribution is -2.05. The Morgan fingerprint density at radius 3 is 2.56 bits per heavy atom. The van der Waals surface area contributed by atoms with Crippen LogP contribution in [0.5, 0.6) is 5.75 Å². The molecule has 7 heteroatoms. The number of rotatable bonds is 7. The SMILES string of the molecule is COCCOc1cc(Br)cc(COS(C)(=O)=O)c1. The molecule has 0 atom stereocenters. The van der Waals surface area contributed by atoms with Gasteiger partial charge in [0.15, 0.2) is 0 Å². The molecule has 1 aromatic rings. The average molecular weight is 339 g/mol. The number of methoxy groups -OCH3 is 1. The van der Waals surface area contributed by atoms with Crippen molar-refractivity contribution in [2.24, 2.45) is 0 Å². The van der Waals surface area contributed by atoms with Crippen molar-refractivity contribution in [2.45, 2.75) is 6.61 Å². The molecule has 18 heavy (non-hydrogen) atoms. The third-order valence-corrected chi connectivity index (χ3v) is 2.93. The Kier molecular flexibility index (Phi) is 6.07. The summed E-state index contributed by atoms with van der Waals surface area (Å²) >= 11 is 3.33. The van der Waals surface area contributed by atoms with Crippen LogP contribution in [0.2, 0.25) is 0 Å². The minimum atomic E-state index is -3.45. The summed E-state index contributed by atoms with van der Waals surface area (Å²) in [6.45, 7) is 0.903. The van der Waals surface area contributed by atoms with Crippen LogP contribution in [0.4, 0.5) is 0 Å². The lowest BCUT2D eigenvalue weighted by molar-refractivity contribution is 0.146. The van der Waals surface area contributed by atoms with E-state index in [2.05, 4.69) is 15.9 Å². The van der Waals surface area contributed by atoms with Gasteiger partial charge >= 0.3 is 0 Å². The molecule has 0 unspecified atom stereocenters. The largest absolute Gasteiger partial charge is 0.491 e. The van der Waals surface area contributed by atoms with Gasteiger partial charge in [-0.25, -0.2) is 0 Å². The second-order valence-electron chi connectivity index (χ2n) is 3.60. The fourth-order valence-electron chi connectivity index (χ4n) is 1.21. The van der Waals surface area contributed by atoms with Crippen LogP contribution in [0.15, 0.2) is 22.7 Å². The number of halogens is 1. The van der Waals surface area contributed by atoms with Crippen LogP contribution in [0.1, 0.15) is 5.56 Å².